The first-order chi connectivity index (χ1) is 9.83. The predicted molar refractivity (Wildman–Crippen MR) is 81.8 cm³/mol. The first-order valence-electron chi connectivity index (χ1n) is 6.74. The highest BCUT2D eigenvalue weighted by Crippen LogP contribution is 2.23. The van der Waals surface area contributed by atoms with Crippen LogP contribution in [-0.4, -0.2) is 7.11 Å². The average molecular weight is 268 g/mol. The van der Waals surface area contributed by atoms with Gasteiger partial charge in [-0.2, -0.15) is 0 Å². The van der Waals surface area contributed by atoms with E-state index >= 15 is 0 Å². The van der Waals surface area contributed by atoms with Crippen LogP contribution in [0.25, 0.3) is 0 Å². The van der Waals surface area contributed by atoms with Crippen LogP contribution in [0.5, 0.6) is 5.75 Å². The second-order valence-corrected chi connectivity index (χ2v) is 4.58. The van der Waals surface area contributed by atoms with Crippen molar-refractivity contribution in [2.45, 2.75) is 19.1 Å². The quantitative estimate of drug-likeness (QED) is 0.687. The van der Waals surface area contributed by atoms with Crippen LogP contribution in [0.15, 0.2) is 67.3 Å². The molecular weight excluding hydrogens is 248 g/mol. The third-order valence-electron chi connectivity index (χ3n) is 3.16. The number of hydrogen-bond acceptors (Lipinski definition) is 2. The minimum absolute atomic E-state index is 0.0517. The summed E-state index contributed by atoms with van der Waals surface area (Å²) < 4.78 is 11.2. The molecule has 2 rings (SSSR count). The fraction of sp³-hybridized carbons (Fsp3) is 0.222. The van der Waals surface area contributed by atoms with Crippen LogP contribution in [-0.2, 0) is 11.3 Å². The lowest BCUT2D eigenvalue weighted by atomic mass is 10.1. The lowest BCUT2D eigenvalue weighted by Crippen LogP contribution is -2.03. The van der Waals surface area contributed by atoms with E-state index in [2.05, 4.69) is 18.7 Å². The maximum atomic E-state index is 6.02. The van der Waals surface area contributed by atoms with Crippen LogP contribution >= 0.6 is 0 Å². The van der Waals surface area contributed by atoms with Crippen molar-refractivity contribution in [1.82, 2.24) is 0 Å². The Bertz CT molecular complexity index is 517. The van der Waals surface area contributed by atoms with E-state index < -0.39 is 0 Å². The van der Waals surface area contributed by atoms with Gasteiger partial charge in [-0.15, -0.1) is 6.58 Å². The van der Waals surface area contributed by atoms with Gasteiger partial charge in [0.05, 0.1) is 19.8 Å². The van der Waals surface area contributed by atoms with E-state index in [0.29, 0.717) is 6.61 Å². The Hall–Kier alpha value is -2.06. The van der Waals surface area contributed by atoms with Crippen molar-refractivity contribution in [2.24, 2.45) is 0 Å². The molecule has 104 valence electrons. The van der Waals surface area contributed by atoms with Crippen LogP contribution in [0, 0.1) is 0 Å². The zero-order valence-corrected chi connectivity index (χ0v) is 11.8. The summed E-state index contributed by atoms with van der Waals surface area (Å²) in [6.45, 7) is 4.39. The normalized spacial score (nSPS) is 11.8. The molecule has 0 radical (unpaired) electrons. The van der Waals surface area contributed by atoms with Gasteiger partial charge in [-0.05, 0) is 29.7 Å². The molecule has 0 amide bonds. The summed E-state index contributed by atoms with van der Waals surface area (Å²) in [4.78, 5) is 0. The third-order valence-corrected chi connectivity index (χ3v) is 3.16. The molecule has 2 aromatic carbocycles. The Balaban J connectivity index is 1.99. The molecule has 0 aliphatic carbocycles. The monoisotopic (exact) mass is 268 g/mol. The van der Waals surface area contributed by atoms with Gasteiger partial charge in [-0.1, -0.05) is 48.5 Å². The largest absolute Gasteiger partial charge is 0.497 e. The molecule has 0 aromatic heterocycles. The van der Waals surface area contributed by atoms with E-state index in [0.717, 1.165) is 17.7 Å². The summed E-state index contributed by atoms with van der Waals surface area (Å²) >= 11 is 0. The van der Waals surface area contributed by atoms with Crippen molar-refractivity contribution in [3.8, 4) is 5.75 Å². The van der Waals surface area contributed by atoms with Gasteiger partial charge in [0.1, 0.15) is 5.75 Å². The summed E-state index contributed by atoms with van der Waals surface area (Å²) in [5.41, 5.74) is 2.32. The van der Waals surface area contributed by atoms with Crippen molar-refractivity contribution in [3.05, 3.63) is 78.4 Å². The van der Waals surface area contributed by atoms with E-state index in [-0.39, 0.29) is 6.10 Å². The van der Waals surface area contributed by atoms with Gasteiger partial charge in [-0.25, -0.2) is 0 Å². The second kappa shape index (κ2) is 7.51. The highest BCUT2D eigenvalue weighted by molar-refractivity contribution is 5.27. The molecule has 0 spiro atoms. The van der Waals surface area contributed by atoms with Gasteiger partial charge in [0.25, 0.3) is 0 Å². The molecule has 0 saturated carbocycles. The maximum Gasteiger partial charge on any atom is 0.118 e. The van der Waals surface area contributed by atoms with Crippen LogP contribution < -0.4 is 4.74 Å². The van der Waals surface area contributed by atoms with Crippen molar-refractivity contribution >= 4 is 0 Å². The van der Waals surface area contributed by atoms with E-state index in [1.165, 1.54) is 5.56 Å². The number of benzene rings is 2. The van der Waals surface area contributed by atoms with Gasteiger partial charge in [0.15, 0.2) is 0 Å². The van der Waals surface area contributed by atoms with Gasteiger partial charge < -0.3 is 9.47 Å². The highest BCUT2D eigenvalue weighted by Gasteiger charge is 2.10. The number of methoxy groups -OCH3 is 1. The molecule has 2 heteroatoms. The lowest BCUT2D eigenvalue weighted by molar-refractivity contribution is 0.0417. The number of hydrogen-bond donors (Lipinski definition) is 0. The molecule has 0 fully saturated rings. The Kier molecular flexibility index (Phi) is 5.39. The Morgan fingerprint density at radius 2 is 1.75 bits per heavy atom. The van der Waals surface area contributed by atoms with E-state index in [9.17, 15) is 0 Å². The fourth-order valence-corrected chi connectivity index (χ4v) is 2.04. The lowest BCUT2D eigenvalue weighted by Gasteiger charge is -2.17. The molecule has 20 heavy (non-hydrogen) atoms. The first-order valence-corrected chi connectivity index (χ1v) is 6.74. The summed E-state index contributed by atoms with van der Waals surface area (Å²) in [5, 5.41) is 0. The molecule has 0 bridgehead atoms. The van der Waals surface area contributed by atoms with Crippen LogP contribution in [0.1, 0.15) is 23.7 Å². The minimum atomic E-state index is 0.0517. The highest BCUT2D eigenvalue weighted by atomic mass is 16.5. The second-order valence-electron chi connectivity index (χ2n) is 4.58. The molecule has 0 aliphatic heterocycles. The molecule has 0 saturated heterocycles. The minimum Gasteiger partial charge on any atom is -0.497 e. The Morgan fingerprint density at radius 1 is 1.05 bits per heavy atom. The van der Waals surface area contributed by atoms with Crippen molar-refractivity contribution in [2.75, 3.05) is 7.11 Å². The summed E-state index contributed by atoms with van der Waals surface area (Å²) in [6, 6.07) is 18.2. The predicted octanol–water partition coefficient (Wildman–Crippen LogP) is 4.53. The van der Waals surface area contributed by atoms with Gasteiger partial charge in [-0.3, -0.25) is 0 Å². The average Bonchev–Trinajstić information content (AvgIpc) is 2.53. The molecule has 2 nitrogen and oxygen atoms in total. The number of rotatable bonds is 7. The van der Waals surface area contributed by atoms with Gasteiger partial charge in [0, 0.05) is 0 Å². The molecular formula is C18H20O2. The van der Waals surface area contributed by atoms with Gasteiger partial charge in [0.2, 0.25) is 0 Å². The zero-order chi connectivity index (χ0) is 14.2. The topological polar surface area (TPSA) is 18.5 Å². The Labute approximate surface area is 120 Å². The van der Waals surface area contributed by atoms with Crippen LogP contribution in [0.2, 0.25) is 0 Å². The van der Waals surface area contributed by atoms with Gasteiger partial charge >= 0.3 is 0 Å². The molecule has 0 unspecified atom stereocenters. The van der Waals surface area contributed by atoms with E-state index in [1.807, 2.05) is 48.5 Å². The van der Waals surface area contributed by atoms with Crippen molar-refractivity contribution < 1.29 is 9.47 Å². The summed E-state index contributed by atoms with van der Waals surface area (Å²) in [5.74, 6) is 0.861. The standard InChI is InChI=1S/C18H20O2/c1-3-7-18(16-8-5-4-6-9-16)20-14-15-10-12-17(19-2)13-11-15/h3-6,8-13,18H,1,7,14H2,2H3/t18-/m1/s1. The van der Waals surface area contributed by atoms with Crippen molar-refractivity contribution in [3.63, 3.8) is 0 Å². The van der Waals surface area contributed by atoms with Crippen LogP contribution in [0.4, 0.5) is 0 Å². The summed E-state index contributed by atoms with van der Waals surface area (Å²) in [6.07, 6.45) is 2.75. The fourth-order valence-electron chi connectivity index (χ4n) is 2.04. The molecule has 2 aromatic rings. The summed E-state index contributed by atoms with van der Waals surface area (Å²) in [7, 11) is 1.67. The Morgan fingerprint density at radius 3 is 2.35 bits per heavy atom. The van der Waals surface area contributed by atoms with E-state index in [4.69, 9.17) is 9.47 Å². The smallest absolute Gasteiger partial charge is 0.118 e. The third kappa shape index (κ3) is 3.97. The first kappa shape index (κ1) is 14.4. The molecule has 1 atom stereocenters. The number of ether oxygens (including phenoxy) is 2. The zero-order valence-electron chi connectivity index (χ0n) is 11.8. The van der Waals surface area contributed by atoms with Crippen LogP contribution in [0.3, 0.4) is 0 Å². The SMILES string of the molecule is C=CC[C@@H](OCc1ccc(OC)cc1)c1ccccc1. The molecule has 0 N–H and O–H groups in total. The molecule has 0 heterocycles. The molecule has 0 aliphatic rings. The van der Waals surface area contributed by atoms with Crippen molar-refractivity contribution in [1.29, 1.82) is 0 Å². The van der Waals surface area contributed by atoms with E-state index in [1.54, 1.807) is 7.11 Å². The maximum absolute atomic E-state index is 6.02.